The van der Waals surface area contributed by atoms with Crippen LogP contribution in [0, 0.1) is 0 Å². The van der Waals surface area contributed by atoms with Crippen LogP contribution in [0.15, 0.2) is 48.5 Å². The Bertz CT molecular complexity index is 780. The van der Waals surface area contributed by atoms with Crippen LogP contribution in [0.3, 0.4) is 0 Å². The summed E-state index contributed by atoms with van der Waals surface area (Å²) in [7, 11) is 1.62. The molecule has 0 bridgehead atoms. The smallest absolute Gasteiger partial charge is 0.252 e. The van der Waals surface area contributed by atoms with Crippen molar-refractivity contribution in [2.45, 2.75) is 19.0 Å². The molecule has 0 radical (unpaired) electrons. The number of carbonyl (C=O) groups excluding carboxylic acids is 2. The van der Waals surface area contributed by atoms with Gasteiger partial charge in [-0.2, -0.15) is 0 Å². The van der Waals surface area contributed by atoms with E-state index in [1.807, 2.05) is 24.3 Å². The number of methoxy groups -OCH3 is 1. The van der Waals surface area contributed by atoms with Gasteiger partial charge in [-0.25, -0.2) is 0 Å². The van der Waals surface area contributed by atoms with E-state index in [-0.39, 0.29) is 24.2 Å². The lowest BCUT2D eigenvalue weighted by Gasteiger charge is -2.17. The summed E-state index contributed by atoms with van der Waals surface area (Å²) < 4.78 is 5.13. The summed E-state index contributed by atoms with van der Waals surface area (Å²) in [5.74, 6) is 0.439. The molecule has 1 fully saturated rings. The first-order valence-corrected chi connectivity index (χ1v) is 8.15. The Hall–Kier alpha value is -2.73. The zero-order valence-electron chi connectivity index (χ0n) is 14.5. The maximum absolute atomic E-state index is 12.5. The maximum Gasteiger partial charge on any atom is 0.252 e. The van der Waals surface area contributed by atoms with E-state index in [0.717, 1.165) is 11.3 Å². The van der Waals surface area contributed by atoms with Gasteiger partial charge in [0.1, 0.15) is 11.8 Å². The first-order valence-electron chi connectivity index (χ1n) is 8.15. The number of amides is 2. The number of ether oxygens (including phenoxy) is 1. The van der Waals surface area contributed by atoms with Crippen LogP contribution >= 0.6 is 12.4 Å². The van der Waals surface area contributed by atoms with E-state index < -0.39 is 6.04 Å². The van der Waals surface area contributed by atoms with Crippen LogP contribution in [0.1, 0.15) is 22.3 Å². The van der Waals surface area contributed by atoms with Crippen molar-refractivity contribution in [2.75, 3.05) is 19.4 Å². The number of nitrogens with two attached hydrogens (primary N) is 1. The lowest BCUT2D eigenvalue weighted by atomic mass is 10.1. The fourth-order valence-corrected chi connectivity index (χ4v) is 2.90. The topological polar surface area (TPSA) is 84.7 Å². The number of benzene rings is 2. The number of rotatable bonds is 5. The van der Waals surface area contributed by atoms with Crippen molar-refractivity contribution in [3.05, 3.63) is 59.7 Å². The van der Waals surface area contributed by atoms with Crippen LogP contribution in [0.4, 0.5) is 5.69 Å². The lowest BCUT2D eigenvalue weighted by Crippen LogP contribution is -2.41. The molecule has 6 nitrogen and oxygen atoms in total. The Kier molecular flexibility index (Phi) is 6.46. The number of carbonyl (C=O) groups is 2. The van der Waals surface area contributed by atoms with Crippen molar-refractivity contribution in [1.29, 1.82) is 0 Å². The van der Waals surface area contributed by atoms with Gasteiger partial charge in [-0.3, -0.25) is 9.59 Å². The van der Waals surface area contributed by atoms with E-state index in [0.29, 0.717) is 30.8 Å². The molecule has 0 spiro atoms. The number of hydrogen-bond donors (Lipinski definition) is 2. The summed E-state index contributed by atoms with van der Waals surface area (Å²) in [4.78, 5) is 26.6. The predicted molar refractivity (Wildman–Crippen MR) is 102 cm³/mol. The Balaban J connectivity index is 0.00000243. The van der Waals surface area contributed by atoms with Crippen LogP contribution in [0.5, 0.6) is 5.75 Å². The lowest BCUT2D eigenvalue weighted by molar-refractivity contribution is -0.129. The second kappa shape index (κ2) is 8.58. The third kappa shape index (κ3) is 4.46. The zero-order chi connectivity index (χ0) is 17.8. The normalized spacial score (nSPS) is 16.1. The number of hydrogen-bond acceptors (Lipinski definition) is 4. The number of nitrogens with one attached hydrogen (secondary N) is 1. The van der Waals surface area contributed by atoms with Gasteiger partial charge in [-0.15, -0.1) is 12.4 Å². The number of likely N-dealkylation sites (tertiary alicyclic amines) is 1. The van der Waals surface area contributed by atoms with Crippen LogP contribution in [-0.4, -0.2) is 36.4 Å². The molecule has 0 aromatic heterocycles. The number of halogens is 1. The maximum atomic E-state index is 12.5. The minimum Gasteiger partial charge on any atom is -0.497 e. The minimum atomic E-state index is -0.493. The Morgan fingerprint density at radius 1 is 1.27 bits per heavy atom. The molecule has 1 atom stereocenters. The Labute approximate surface area is 158 Å². The van der Waals surface area contributed by atoms with E-state index in [1.165, 1.54) is 0 Å². The molecule has 1 aliphatic heterocycles. The molecule has 1 aliphatic rings. The first kappa shape index (κ1) is 19.6. The highest BCUT2D eigenvalue weighted by atomic mass is 35.5. The highest BCUT2D eigenvalue weighted by Crippen LogP contribution is 2.18. The van der Waals surface area contributed by atoms with Crippen molar-refractivity contribution in [1.82, 2.24) is 10.2 Å². The largest absolute Gasteiger partial charge is 0.497 e. The summed E-state index contributed by atoms with van der Waals surface area (Å²) in [6, 6.07) is 13.8. The van der Waals surface area contributed by atoms with Gasteiger partial charge >= 0.3 is 0 Å². The fourth-order valence-electron chi connectivity index (χ4n) is 2.90. The molecule has 7 heteroatoms. The molecule has 1 heterocycles. The monoisotopic (exact) mass is 375 g/mol. The molecule has 2 aromatic rings. The van der Waals surface area contributed by atoms with Crippen LogP contribution in [0.25, 0.3) is 0 Å². The van der Waals surface area contributed by atoms with E-state index in [4.69, 9.17) is 10.5 Å². The fraction of sp³-hybridized carbons (Fsp3) is 0.263. The Morgan fingerprint density at radius 2 is 2.00 bits per heavy atom. The van der Waals surface area contributed by atoms with Crippen LogP contribution < -0.4 is 15.8 Å². The third-order valence-corrected chi connectivity index (χ3v) is 4.28. The molecule has 1 saturated heterocycles. The standard InChI is InChI=1S/C19H21N3O3.ClH/c1-25-16-7-5-13(6-8-16)12-22-10-9-17(19(22)24)21-18(23)14-3-2-4-15(20)11-14;/h2-8,11,17H,9-10,12,20H2,1H3,(H,21,23);1H. The first-order chi connectivity index (χ1) is 12.1. The average molecular weight is 376 g/mol. The van der Waals surface area contributed by atoms with Gasteiger partial charge in [-0.1, -0.05) is 18.2 Å². The van der Waals surface area contributed by atoms with Crippen molar-refractivity contribution in [2.24, 2.45) is 0 Å². The van der Waals surface area contributed by atoms with Gasteiger partial charge < -0.3 is 20.7 Å². The van der Waals surface area contributed by atoms with Crippen LogP contribution in [-0.2, 0) is 11.3 Å². The molecule has 2 amide bonds. The van der Waals surface area contributed by atoms with E-state index in [1.54, 1.807) is 36.3 Å². The molecular formula is C19H22ClN3O3. The molecule has 0 saturated carbocycles. The summed E-state index contributed by atoms with van der Waals surface area (Å²) in [5.41, 5.74) is 7.70. The van der Waals surface area contributed by atoms with E-state index in [2.05, 4.69) is 5.32 Å². The molecule has 0 aliphatic carbocycles. The van der Waals surface area contributed by atoms with Crippen molar-refractivity contribution in [3.8, 4) is 5.75 Å². The highest BCUT2D eigenvalue weighted by Gasteiger charge is 2.32. The molecule has 2 aromatic carbocycles. The van der Waals surface area contributed by atoms with Gasteiger partial charge in [0.2, 0.25) is 5.91 Å². The summed E-state index contributed by atoms with van der Waals surface area (Å²) in [6.07, 6.45) is 0.600. The highest BCUT2D eigenvalue weighted by molar-refractivity contribution is 5.98. The predicted octanol–water partition coefficient (Wildman–Crippen LogP) is 2.23. The minimum absolute atomic E-state index is 0. The van der Waals surface area contributed by atoms with Gasteiger partial charge in [0.05, 0.1) is 7.11 Å². The van der Waals surface area contributed by atoms with Crippen molar-refractivity contribution in [3.63, 3.8) is 0 Å². The molecular weight excluding hydrogens is 354 g/mol. The summed E-state index contributed by atoms with van der Waals surface area (Å²) in [6.45, 7) is 1.14. The number of nitrogens with zero attached hydrogens (tertiary/aromatic N) is 1. The molecule has 1 unspecified atom stereocenters. The van der Waals surface area contributed by atoms with Gasteiger partial charge in [-0.05, 0) is 42.3 Å². The molecule has 26 heavy (non-hydrogen) atoms. The number of anilines is 1. The van der Waals surface area contributed by atoms with Gasteiger partial charge in [0.25, 0.3) is 5.91 Å². The zero-order valence-corrected chi connectivity index (χ0v) is 15.3. The van der Waals surface area contributed by atoms with E-state index in [9.17, 15) is 9.59 Å². The van der Waals surface area contributed by atoms with Gasteiger partial charge in [0, 0.05) is 24.3 Å². The van der Waals surface area contributed by atoms with Crippen molar-refractivity contribution < 1.29 is 14.3 Å². The Morgan fingerprint density at radius 3 is 2.65 bits per heavy atom. The number of nitrogen functional groups attached to an aromatic ring is 1. The quantitative estimate of drug-likeness (QED) is 0.785. The molecule has 3 rings (SSSR count). The second-order valence-electron chi connectivity index (χ2n) is 6.05. The van der Waals surface area contributed by atoms with Gasteiger partial charge in [0.15, 0.2) is 0 Å². The third-order valence-electron chi connectivity index (χ3n) is 4.28. The van der Waals surface area contributed by atoms with Crippen LogP contribution in [0.2, 0.25) is 0 Å². The summed E-state index contributed by atoms with van der Waals surface area (Å²) in [5, 5.41) is 2.80. The summed E-state index contributed by atoms with van der Waals surface area (Å²) >= 11 is 0. The molecule has 3 N–H and O–H groups in total. The second-order valence-corrected chi connectivity index (χ2v) is 6.05. The average Bonchev–Trinajstić information content (AvgIpc) is 2.96. The van der Waals surface area contributed by atoms with E-state index >= 15 is 0 Å². The SMILES string of the molecule is COc1ccc(CN2CCC(NC(=O)c3cccc(N)c3)C2=O)cc1.Cl. The van der Waals surface area contributed by atoms with Crippen molar-refractivity contribution >= 4 is 29.9 Å². The molecule has 138 valence electrons.